The van der Waals surface area contributed by atoms with E-state index in [4.69, 9.17) is 9.47 Å². The van der Waals surface area contributed by atoms with Crippen molar-refractivity contribution in [3.63, 3.8) is 0 Å². The van der Waals surface area contributed by atoms with Crippen LogP contribution < -0.4 is 5.32 Å². The van der Waals surface area contributed by atoms with Gasteiger partial charge in [0.1, 0.15) is 0 Å². The Morgan fingerprint density at radius 1 is 1.03 bits per heavy atom. The lowest BCUT2D eigenvalue weighted by Crippen LogP contribution is -2.18. The predicted octanol–water partition coefficient (Wildman–Crippen LogP) is 4.47. The van der Waals surface area contributed by atoms with Crippen molar-refractivity contribution < 1.29 is 23.9 Å². The number of nitrogens with zero attached hydrogens (tertiary/aromatic N) is 1. The maximum atomic E-state index is 12.9. The van der Waals surface area contributed by atoms with Crippen molar-refractivity contribution in [2.24, 2.45) is 0 Å². The molecule has 166 valence electrons. The summed E-state index contributed by atoms with van der Waals surface area (Å²) in [4.78, 5) is 41.6. The van der Waals surface area contributed by atoms with Gasteiger partial charge in [0.2, 0.25) is 5.91 Å². The minimum atomic E-state index is -0.621. The number of rotatable bonds is 9. The highest BCUT2D eigenvalue weighted by molar-refractivity contribution is 6.02. The zero-order valence-electron chi connectivity index (χ0n) is 18.4. The number of anilines is 1. The summed E-state index contributed by atoms with van der Waals surface area (Å²) in [6, 6.07) is 14.0. The zero-order valence-corrected chi connectivity index (χ0v) is 18.4. The number of nitrogens with one attached hydrogen (secondary N) is 1. The van der Waals surface area contributed by atoms with Gasteiger partial charge in [-0.05, 0) is 49.2 Å². The number of ether oxygens (including phenoxy) is 2. The van der Waals surface area contributed by atoms with Crippen molar-refractivity contribution in [3.8, 4) is 0 Å². The third-order valence-corrected chi connectivity index (χ3v) is 5.01. The van der Waals surface area contributed by atoms with Crippen molar-refractivity contribution in [2.45, 2.75) is 33.3 Å². The molecule has 1 amide bonds. The van der Waals surface area contributed by atoms with Crippen LogP contribution in [0.4, 0.5) is 5.69 Å². The summed E-state index contributed by atoms with van der Waals surface area (Å²) < 4.78 is 10.5. The van der Waals surface area contributed by atoms with Crippen LogP contribution in [-0.2, 0) is 20.9 Å². The van der Waals surface area contributed by atoms with E-state index in [9.17, 15) is 14.4 Å². The molecule has 3 rings (SSSR count). The number of aryl methyl sites for hydroxylation is 1. The number of carbonyl (C=O) groups excluding carboxylic acids is 3. The fraction of sp³-hybridized carbons (Fsp3) is 0.280. The van der Waals surface area contributed by atoms with Gasteiger partial charge in [-0.15, -0.1) is 0 Å². The van der Waals surface area contributed by atoms with Gasteiger partial charge >= 0.3 is 5.97 Å². The number of carbonyl (C=O) groups is 3. The molecule has 0 aliphatic heterocycles. The van der Waals surface area contributed by atoms with E-state index in [-0.39, 0.29) is 18.3 Å². The van der Waals surface area contributed by atoms with Crippen LogP contribution in [0.1, 0.15) is 51.7 Å². The van der Waals surface area contributed by atoms with Crippen molar-refractivity contribution in [1.29, 1.82) is 0 Å². The molecule has 0 atom stereocenters. The number of para-hydroxylation sites is 1. The molecule has 7 heteroatoms. The molecule has 0 radical (unpaired) electrons. The highest BCUT2D eigenvalue weighted by Crippen LogP contribution is 2.24. The number of ketones is 1. The molecule has 1 aromatic heterocycles. The number of methoxy groups -OCH3 is 1. The Kier molecular flexibility index (Phi) is 7.68. The second kappa shape index (κ2) is 10.6. The number of benzene rings is 2. The van der Waals surface area contributed by atoms with Gasteiger partial charge in [-0.25, -0.2) is 9.78 Å². The van der Waals surface area contributed by atoms with Crippen LogP contribution in [0.5, 0.6) is 0 Å². The Morgan fingerprint density at radius 3 is 2.44 bits per heavy atom. The molecule has 32 heavy (non-hydrogen) atoms. The van der Waals surface area contributed by atoms with E-state index in [0.29, 0.717) is 28.9 Å². The number of amides is 1. The summed E-state index contributed by atoms with van der Waals surface area (Å²) in [5.41, 5.74) is 3.26. The molecule has 1 heterocycles. The van der Waals surface area contributed by atoms with E-state index in [2.05, 4.69) is 10.3 Å². The largest absolute Gasteiger partial charge is 0.454 e. The molecule has 0 bridgehead atoms. The first-order chi connectivity index (χ1) is 15.4. The van der Waals surface area contributed by atoms with Gasteiger partial charge in [0.15, 0.2) is 12.4 Å². The molecule has 1 N–H and O–H groups in total. The van der Waals surface area contributed by atoms with Crippen LogP contribution in [0.3, 0.4) is 0 Å². The van der Waals surface area contributed by atoms with Crippen LogP contribution in [0.2, 0.25) is 0 Å². The molecule has 2 aromatic carbocycles. The SMILES string of the molecule is CCCC(=O)Nc1ccc(C(=O)COC(=O)c2c(COC)nc3ccccc3c2C)cc1. The topological polar surface area (TPSA) is 94.6 Å². The summed E-state index contributed by atoms with van der Waals surface area (Å²) in [5, 5.41) is 3.60. The molecule has 0 aliphatic rings. The number of fused-ring (bicyclic) bond motifs is 1. The fourth-order valence-corrected chi connectivity index (χ4v) is 3.43. The Morgan fingerprint density at radius 2 is 1.75 bits per heavy atom. The molecule has 3 aromatic rings. The Labute approximate surface area is 186 Å². The number of hydrogen-bond donors (Lipinski definition) is 1. The van der Waals surface area contributed by atoms with Gasteiger partial charge in [0.05, 0.1) is 23.4 Å². The van der Waals surface area contributed by atoms with Crippen molar-refractivity contribution in [3.05, 3.63) is 70.9 Å². The van der Waals surface area contributed by atoms with E-state index in [1.54, 1.807) is 24.3 Å². The molecule has 0 fully saturated rings. The molecule has 0 saturated carbocycles. The summed E-state index contributed by atoms with van der Waals surface area (Å²) in [6.45, 7) is 3.50. The van der Waals surface area contributed by atoms with Gasteiger partial charge < -0.3 is 14.8 Å². The molecule has 0 spiro atoms. The Bertz CT molecular complexity index is 1140. The predicted molar refractivity (Wildman–Crippen MR) is 122 cm³/mol. The van der Waals surface area contributed by atoms with Crippen molar-refractivity contribution in [1.82, 2.24) is 4.98 Å². The van der Waals surface area contributed by atoms with Crippen LogP contribution in [0.15, 0.2) is 48.5 Å². The highest BCUT2D eigenvalue weighted by Gasteiger charge is 2.21. The minimum Gasteiger partial charge on any atom is -0.454 e. The molecular weight excluding hydrogens is 408 g/mol. The second-order valence-corrected chi connectivity index (χ2v) is 7.38. The summed E-state index contributed by atoms with van der Waals surface area (Å²) in [7, 11) is 1.53. The maximum absolute atomic E-state index is 12.9. The number of esters is 1. The standard InChI is InChI=1S/C25H26N2O5/c1-4-7-23(29)26-18-12-10-17(11-13-18)22(28)15-32-25(30)24-16(2)19-8-5-6-9-20(19)27-21(24)14-31-3/h5-6,8-13H,4,7,14-15H2,1-3H3,(H,26,29). The normalized spacial score (nSPS) is 10.7. The summed E-state index contributed by atoms with van der Waals surface area (Å²) >= 11 is 0. The Hall–Kier alpha value is -3.58. The van der Waals surface area contributed by atoms with Gasteiger partial charge in [0.25, 0.3) is 0 Å². The van der Waals surface area contributed by atoms with E-state index >= 15 is 0 Å². The monoisotopic (exact) mass is 434 g/mol. The average molecular weight is 434 g/mol. The lowest BCUT2D eigenvalue weighted by Gasteiger charge is -2.14. The van der Waals surface area contributed by atoms with E-state index in [0.717, 1.165) is 22.9 Å². The van der Waals surface area contributed by atoms with Gasteiger partial charge in [0, 0.05) is 30.2 Å². The lowest BCUT2D eigenvalue weighted by atomic mass is 10.0. The third-order valence-electron chi connectivity index (χ3n) is 5.01. The summed E-state index contributed by atoms with van der Waals surface area (Å²) in [6.07, 6.45) is 1.19. The van der Waals surface area contributed by atoms with E-state index < -0.39 is 12.6 Å². The molecule has 7 nitrogen and oxygen atoms in total. The van der Waals surface area contributed by atoms with Crippen LogP contribution in [0.25, 0.3) is 10.9 Å². The van der Waals surface area contributed by atoms with E-state index in [1.807, 2.05) is 38.1 Å². The third kappa shape index (κ3) is 5.36. The number of aromatic nitrogens is 1. The first-order valence-corrected chi connectivity index (χ1v) is 10.4. The average Bonchev–Trinajstić information content (AvgIpc) is 2.78. The van der Waals surface area contributed by atoms with Crippen LogP contribution in [-0.4, -0.2) is 36.4 Å². The Balaban J connectivity index is 1.72. The molecular formula is C25H26N2O5. The van der Waals surface area contributed by atoms with Gasteiger partial charge in [-0.1, -0.05) is 25.1 Å². The molecule has 0 aliphatic carbocycles. The zero-order chi connectivity index (χ0) is 23.1. The van der Waals surface area contributed by atoms with Gasteiger partial charge in [-0.2, -0.15) is 0 Å². The first-order valence-electron chi connectivity index (χ1n) is 10.4. The van der Waals surface area contributed by atoms with Crippen LogP contribution >= 0.6 is 0 Å². The van der Waals surface area contributed by atoms with Gasteiger partial charge in [-0.3, -0.25) is 9.59 Å². The number of hydrogen-bond acceptors (Lipinski definition) is 6. The maximum Gasteiger partial charge on any atom is 0.340 e. The van der Waals surface area contributed by atoms with Crippen molar-refractivity contribution in [2.75, 3.05) is 19.0 Å². The lowest BCUT2D eigenvalue weighted by molar-refractivity contribution is -0.116. The highest BCUT2D eigenvalue weighted by atomic mass is 16.5. The first kappa shape index (κ1) is 23.1. The van der Waals surface area contributed by atoms with Crippen LogP contribution in [0, 0.1) is 6.92 Å². The quantitative estimate of drug-likeness (QED) is 0.394. The minimum absolute atomic E-state index is 0.0771. The van der Waals surface area contributed by atoms with Crippen molar-refractivity contribution >= 4 is 34.3 Å². The molecule has 0 saturated heterocycles. The van der Waals surface area contributed by atoms with E-state index in [1.165, 1.54) is 7.11 Å². The smallest absolute Gasteiger partial charge is 0.340 e. The number of pyridine rings is 1. The summed E-state index contributed by atoms with van der Waals surface area (Å²) in [5.74, 6) is -1.04. The fourth-order valence-electron chi connectivity index (χ4n) is 3.43. The second-order valence-electron chi connectivity index (χ2n) is 7.38. The molecule has 0 unspecified atom stereocenters. The number of Topliss-reactive ketones (excluding diaryl/α,β-unsaturated/α-hetero) is 1.